The lowest BCUT2D eigenvalue weighted by Gasteiger charge is -2.21. The molecule has 0 bridgehead atoms. The number of benzene rings is 2. The fraction of sp³-hybridized carbons (Fsp3) is 0.240. The Morgan fingerprint density at radius 2 is 1.94 bits per heavy atom. The van der Waals surface area contributed by atoms with E-state index >= 15 is 0 Å². The molecule has 0 spiro atoms. The van der Waals surface area contributed by atoms with Gasteiger partial charge in [-0.05, 0) is 55.0 Å². The molecule has 1 aliphatic carbocycles. The summed E-state index contributed by atoms with van der Waals surface area (Å²) >= 11 is 3.36. The van der Waals surface area contributed by atoms with Crippen molar-refractivity contribution in [3.05, 3.63) is 88.1 Å². The van der Waals surface area contributed by atoms with Crippen molar-refractivity contribution in [3.8, 4) is 0 Å². The van der Waals surface area contributed by atoms with E-state index in [2.05, 4.69) is 56.0 Å². The number of carbonyl (C=O) groups excluding carboxylic acids is 1. The van der Waals surface area contributed by atoms with Crippen molar-refractivity contribution < 1.29 is 13.2 Å². The Balaban J connectivity index is 1.52. The first kappa shape index (κ1) is 23.5. The third-order valence-corrected chi connectivity index (χ3v) is 7.86. The number of aromatic nitrogens is 1. The van der Waals surface area contributed by atoms with Crippen LogP contribution in [-0.4, -0.2) is 25.9 Å². The molecule has 0 fully saturated rings. The molecule has 1 atom stereocenters. The smallest absolute Gasteiger partial charge is 0.266 e. The Morgan fingerprint density at radius 1 is 1.15 bits per heavy atom. The maximum Gasteiger partial charge on any atom is 0.266 e. The van der Waals surface area contributed by atoms with Crippen molar-refractivity contribution >= 4 is 42.8 Å². The van der Waals surface area contributed by atoms with Crippen molar-refractivity contribution in [1.29, 1.82) is 0 Å². The topological polar surface area (TPSA) is 105 Å². The summed E-state index contributed by atoms with van der Waals surface area (Å²) < 4.78 is 29.7. The number of allylic oxidation sites excluding steroid dienone is 4. The molecule has 0 radical (unpaired) electrons. The van der Waals surface area contributed by atoms with Gasteiger partial charge in [0.1, 0.15) is 10.6 Å². The summed E-state index contributed by atoms with van der Waals surface area (Å²) in [6.07, 6.45) is 10.1. The van der Waals surface area contributed by atoms with Crippen LogP contribution in [0.2, 0.25) is 0 Å². The molecule has 1 heterocycles. The zero-order valence-electron chi connectivity index (χ0n) is 18.1. The minimum absolute atomic E-state index is 0.108. The van der Waals surface area contributed by atoms with Gasteiger partial charge in [0.25, 0.3) is 5.91 Å². The summed E-state index contributed by atoms with van der Waals surface area (Å²) in [7, 11) is -3.95. The first-order valence-electron chi connectivity index (χ1n) is 10.9. The Kier molecular flexibility index (Phi) is 7.17. The van der Waals surface area contributed by atoms with Gasteiger partial charge in [0.2, 0.25) is 10.0 Å². The van der Waals surface area contributed by atoms with Crippen molar-refractivity contribution in [1.82, 2.24) is 9.71 Å². The van der Waals surface area contributed by atoms with Gasteiger partial charge in [0.05, 0.1) is 0 Å². The molecule has 3 aromatic rings. The molecule has 1 aliphatic rings. The van der Waals surface area contributed by atoms with Crippen LogP contribution >= 0.6 is 15.9 Å². The highest BCUT2D eigenvalue weighted by Gasteiger charge is 2.27. The molecule has 8 heteroatoms. The van der Waals surface area contributed by atoms with E-state index in [1.165, 1.54) is 11.1 Å². The number of primary amides is 1. The summed E-state index contributed by atoms with van der Waals surface area (Å²) in [5.41, 5.74) is 8.38. The van der Waals surface area contributed by atoms with Gasteiger partial charge in [-0.2, -0.15) is 0 Å². The number of nitrogens with one attached hydrogen (secondary N) is 2. The third-order valence-electron chi connectivity index (χ3n) is 5.82. The molecule has 1 unspecified atom stereocenters. The van der Waals surface area contributed by atoms with E-state index in [0.717, 1.165) is 19.3 Å². The second kappa shape index (κ2) is 10.1. The van der Waals surface area contributed by atoms with Crippen molar-refractivity contribution in [3.63, 3.8) is 0 Å². The summed E-state index contributed by atoms with van der Waals surface area (Å²) in [5.74, 6) is -0.611. The molecule has 0 saturated carbocycles. The maximum atomic E-state index is 13.2. The number of amides is 1. The van der Waals surface area contributed by atoms with E-state index in [0.29, 0.717) is 21.8 Å². The summed E-state index contributed by atoms with van der Waals surface area (Å²) in [6, 6.07) is 15.4. The predicted molar refractivity (Wildman–Crippen MR) is 135 cm³/mol. The van der Waals surface area contributed by atoms with Crippen LogP contribution < -0.4 is 10.5 Å². The molecule has 2 aromatic carbocycles. The highest BCUT2D eigenvalue weighted by atomic mass is 79.9. The van der Waals surface area contributed by atoms with Crippen LogP contribution in [0, 0.1) is 0 Å². The number of fused-ring (bicyclic) bond motifs is 1. The number of rotatable bonds is 9. The summed E-state index contributed by atoms with van der Waals surface area (Å²) in [4.78, 5) is 14.7. The molecule has 1 aromatic heterocycles. The molecule has 0 saturated heterocycles. The average molecular weight is 528 g/mol. The molecular weight excluding hydrogens is 502 g/mol. The van der Waals surface area contributed by atoms with E-state index < -0.39 is 15.9 Å². The molecule has 33 heavy (non-hydrogen) atoms. The van der Waals surface area contributed by atoms with Gasteiger partial charge in [-0.3, -0.25) is 4.79 Å². The predicted octanol–water partition coefficient (Wildman–Crippen LogP) is 5.15. The van der Waals surface area contributed by atoms with E-state index in [1.807, 2.05) is 18.2 Å². The lowest BCUT2D eigenvalue weighted by molar-refractivity contribution is 0.0993. The molecular formula is C25H26BrN3O3S. The Morgan fingerprint density at radius 3 is 2.64 bits per heavy atom. The van der Waals surface area contributed by atoms with E-state index in [1.54, 1.807) is 18.2 Å². The van der Waals surface area contributed by atoms with Gasteiger partial charge in [-0.1, -0.05) is 64.5 Å². The molecule has 4 N–H and O–H groups in total. The number of hydrogen-bond donors (Lipinski definition) is 3. The van der Waals surface area contributed by atoms with E-state index in [9.17, 15) is 13.2 Å². The summed E-state index contributed by atoms with van der Waals surface area (Å²) in [6.45, 7) is 0.252. The zero-order chi connectivity index (χ0) is 23.4. The van der Waals surface area contributed by atoms with Gasteiger partial charge in [0, 0.05) is 27.8 Å². The standard InChI is InChI=1S/C25H26BrN3O3S/c26-19-13-14-22-21(16-19)24(23(29-22)25(27)30)33(31,32)28-15-7-12-20(17-8-3-1-4-9-17)18-10-5-2-6-11-18/h1,3-5,8-11,13-14,16,20,28-29H,2,6-7,12,15H2,(H2,27,30). The van der Waals surface area contributed by atoms with E-state index in [-0.39, 0.29) is 23.1 Å². The third kappa shape index (κ3) is 5.29. The fourth-order valence-corrected chi connectivity index (χ4v) is 6.08. The minimum Gasteiger partial charge on any atom is -0.364 e. The normalized spacial score (nSPS) is 14.9. The van der Waals surface area contributed by atoms with Gasteiger partial charge in [0.15, 0.2) is 0 Å². The first-order chi connectivity index (χ1) is 15.9. The average Bonchev–Trinajstić information content (AvgIpc) is 3.20. The number of sulfonamides is 1. The lowest BCUT2D eigenvalue weighted by atomic mass is 9.85. The van der Waals surface area contributed by atoms with Gasteiger partial charge < -0.3 is 10.7 Å². The van der Waals surface area contributed by atoms with Crippen LogP contribution in [0.1, 0.15) is 47.7 Å². The number of aromatic amines is 1. The van der Waals surface area contributed by atoms with Crippen LogP contribution in [0.3, 0.4) is 0 Å². The number of carbonyl (C=O) groups is 1. The molecule has 172 valence electrons. The molecule has 0 aliphatic heterocycles. The van der Waals surface area contributed by atoms with Crippen molar-refractivity contribution in [2.24, 2.45) is 5.73 Å². The van der Waals surface area contributed by atoms with Crippen LogP contribution in [0.5, 0.6) is 0 Å². The monoisotopic (exact) mass is 527 g/mol. The Hall–Kier alpha value is -2.68. The van der Waals surface area contributed by atoms with Crippen molar-refractivity contribution in [2.45, 2.75) is 36.5 Å². The first-order valence-corrected chi connectivity index (χ1v) is 13.2. The Labute approximate surface area is 202 Å². The second-order valence-corrected chi connectivity index (χ2v) is 10.7. The van der Waals surface area contributed by atoms with Gasteiger partial charge in [-0.15, -0.1) is 0 Å². The number of hydrogen-bond acceptors (Lipinski definition) is 3. The summed E-state index contributed by atoms with van der Waals surface area (Å²) in [5, 5.41) is 0.422. The maximum absolute atomic E-state index is 13.2. The highest BCUT2D eigenvalue weighted by Crippen LogP contribution is 2.33. The number of nitrogens with two attached hydrogens (primary N) is 1. The van der Waals surface area contributed by atoms with Gasteiger partial charge >= 0.3 is 0 Å². The highest BCUT2D eigenvalue weighted by molar-refractivity contribution is 9.10. The van der Waals surface area contributed by atoms with Crippen molar-refractivity contribution in [2.75, 3.05) is 6.54 Å². The fourth-order valence-electron chi connectivity index (χ4n) is 4.28. The zero-order valence-corrected chi connectivity index (χ0v) is 20.5. The van der Waals surface area contributed by atoms with Crippen LogP contribution in [0.4, 0.5) is 0 Å². The molecule has 1 amide bonds. The lowest BCUT2D eigenvalue weighted by Crippen LogP contribution is -2.27. The Bertz CT molecular complexity index is 1330. The minimum atomic E-state index is -3.95. The largest absolute Gasteiger partial charge is 0.364 e. The molecule has 4 rings (SSSR count). The van der Waals surface area contributed by atoms with Crippen LogP contribution in [0.15, 0.2) is 81.7 Å². The van der Waals surface area contributed by atoms with E-state index in [4.69, 9.17) is 5.73 Å². The quantitative estimate of drug-likeness (QED) is 0.335. The molecule has 6 nitrogen and oxygen atoms in total. The second-order valence-electron chi connectivity index (χ2n) is 8.07. The van der Waals surface area contributed by atoms with Gasteiger partial charge in [-0.25, -0.2) is 13.1 Å². The van der Waals surface area contributed by atoms with Crippen LogP contribution in [-0.2, 0) is 10.0 Å². The SMILES string of the molecule is NC(=O)c1[nH]c2ccc(Br)cc2c1S(=O)(=O)NCCCC(C1=CCCC=C1)c1ccccc1. The number of halogens is 1. The number of H-pyrrole nitrogens is 1. The van der Waals surface area contributed by atoms with Crippen LogP contribution in [0.25, 0.3) is 10.9 Å².